The van der Waals surface area contributed by atoms with E-state index >= 15 is 0 Å². The number of carbonyl (C=O) groups excluding carboxylic acids is 1. The molecule has 0 aliphatic rings. The van der Waals surface area contributed by atoms with Gasteiger partial charge in [0, 0.05) is 42.7 Å². The zero-order chi connectivity index (χ0) is 20.3. The van der Waals surface area contributed by atoms with Gasteiger partial charge in [0.05, 0.1) is 24.1 Å². The Balaban J connectivity index is 1.96. The number of benzene rings is 1. The Kier molecular flexibility index (Phi) is 5.91. The van der Waals surface area contributed by atoms with Gasteiger partial charge >= 0.3 is 0 Å². The first-order valence-electron chi connectivity index (χ1n) is 8.65. The highest BCUT2D eigenvalue weighted by Crippen LogP contribution is 2.23. The van der Waals surface area contributed by atoms with Crippen molar-refractivity contribution in [1.29, 1.82) is 5.41 Å². The molecule has 0 radical (unpaired) electrons. The first-order valence-corrected chi connectivity index (χ1v) is 9.03. The summed E-state index contributed by atoms with van der Waals surface area (Å²) < 4.78 is 5.05. The van der Waals surface area contributed by atoms with Crippen LogP contribution in [0.25, 0.3) is 11.2 Å². The number of hydrogen-bond donors (Lipinski definition) is 4. The lowest BCUT2D eigenvalue weighted by Gasteiger charge is -2.12. The van der Waals surface area contributed by atoms with Crippen molar-refractivity contribution in [3.8, 4) is 0 Å². The third kappa shape index (κ3) is 3.97. The fourth-order valence-electron chi connectivity index (χ4n) is 2.86. The lowest BCUT2D eigenvalue weighted by molar-refractivity contribution is 0.0907. The Hall–Kier alpha value is -2.97. The van der Waals surface area contributed by atoms with Crippen molar-refractivity contribution >= 4 is 40.1 Å². The SMILES string of the molecule is CNc1cc(Cl)ccc1C(=N)c1cnc2[nH]cc(C(=O)N[C@@H](C)COC)c2n1. The Morgan fingerprint density at radius 3 is 2.89 bits per heavy atom. The third-order valence-corrected chi connectivity index (χ3v) is 4.43. The third-order valence-electron chi connectivity index (χ3n) is 4.20. The number of aromatic nitrogens is 3. The number of rotatable bonds is 7. The molecule has 3 aromatic rings. The van der Waals surface area contributed by atoms with E-state index in [0.717, 1.165) is 0 Å². The fraction of sp³-hybridized carbons (Fsp3) is 0.263. The van der Waals surface area contributed by atoms with Crippen molar-refractivity contribution in [2.24, 2.45) is 0 Å². The minimum Gasteiger partial charge on any atom is -0.388 e. The summed E-state index contributed by atoms with van der Waals surface area (Å²) >= 11 is 6.03. The highest BCUT2D eigenvalue weighted by molar-refractivity contribution is 6.31. The van der Waals surface area contributed by atoms with Crippen LogP contribution in [-0.4, -0.2) is 53.4 Å². The van der Waals surface area contributed by atoms with Crippen LogP contribution < -0.4 is 10.6 Å². The van der Waals surface area contributed by atoms with Crippen molar-refractivity contribution in [1.82, 2.24) is 20.3 Å². The van der Waals surface area contributed by atoms with Crippen LogP contribution in [0.1, 0.15) is 28.5 Å². The number of hydrogen-bond acceptors (Lipinski definition) is 6. The second-order valence-electron chi connectivity index (χ2n) is 6.30. The maximum absolute atomic E-state index is 12.6. The summed E-state index contributed by atoms with van der Waals surface area (Å²) in [6.07, 6.45) is 3.07. The minimum absolute atomic E-state index is 0.149. The van der Waals surface area contributed by atoms with Crippen LogP contribution in [0.3, 0.4) is 0 Å². The Morgan fingerprint density at radius 1 is 1.39 bits per heavy atom. The molecule has 0 spiro atoms. The number of anilines is 1. The van der Waals surface area contributed by atoms with E-state index in [0.29, 0.717) is 45.3 Å². The quantitative estimate of drug-likeness (QED) is 0.455. The van der Waals surface area contributed by atoms with Gasteiger partial charge in [0.2, 0.25) is 0 Å². The van der Waals surface area contributed by atoms with Crippen molar-refractivity contribution in [3.63, 3.8) is 0 Å². The van der Waals surface area contributed by atoms with Gasteiger partial charge in [-0.25, -0.2) is 9.97 Å². The second kappa shape index (κ2) is 8.37. The number of aromatic amines is 1. The molecule has 0 aliphatic heterocycles. The van der Waals surface area contributed by atoms with E-state index in [9.17, 15) is 4.79 Å². The molecule has 0 fully saturated rings. The molecule has 3 rings (SSSR count). The summed E-state index contributed by atoms with van der Waals surface area (Å²) in [7, 11) is 3.33. The normalized spacial score (nSPS) is 12.0. The largest absolute Gasteiger partial charge is 0.388 e. The van der Waals surface area contributed by atoms with Gasteiger partial charge in [0.1, 0.15) is 11.2 Å². The van der Waals surface area contributed by atoms with Crippen LogP contribution in [0.2, 0.25) is 5.02 Å². The monoisotopic (exact) mass is 400 g/mol. The van der Waals surface area contributed by atoms with Crippen LogP contribution in [0, 0.1) is 5.41 Å². The number of amides is 1. The van der Waals surface area contributed by atoms with Crippen LogP contribution in [0.15, 0.2) is 30.6 Å². The van der Waals surface area contributed by atoms with E-state index in [1.807, 2.05) is 6.92 Å². The van der Waals surface area contributed by atoms with Gasteiger partial charge in [-0.3, -0.25) is 10.2 Å². The van der Waals surface area contributed by atoms with Gasteiger partial charge in [-0.05, 0) is 25.1 Å². The fourth-order valence-corrected chi connectivity index (χ4v) is 3.03. The molecule has 146 valence electrons. The van der Waals surface area contributed by atoms with Crippen LogP contribution in [0.4, 0.5) is 5.69 Å². The highest BCUT2D eigenvalue weighted by Gasteiger charge is 2.19. The Labute approximate surface area is 167 Å². The van der Waals surface area contributed by atoms with E-state index < -0.39 is 0 Å². The van der Waals surface area contributed by atoms with Crippen LogP contribution in [-0.2, 0) is 4.74 Å². The molecule has 9 heteroatoms. The molecule has 0 saturated carbocycles. The molecular formula is C19H21ClN6O2. The van der Waals surface area contributed by atoms with Crippen molar-refractivity contribution < 1.29 is 9.53 Å². The molecule has 2 aromatic heterocycles. The number of nitrogens with zero attached hydrogens (tertiary/aromatic N) is 2. The summed E-state index contributed by atoms with van der Waals surface area (Å²) in [4.78, 5) is 24.3. The second-order valence-corrected chi connectivity index (χ2v) is 6.74. The number of nitrogens with one attached hydrogen (secondary N) is 4. The summed E-state index contributed by atoms with van der Waals surface area (Å²) in [6.45, 7) is 2.25. The molecule has 0 aliphatic carbocycles. The van der Waals surface area contributed by atoms with Crippen molar-refractivity contribution in [2.45, 2.75) is 13.0 Å². The molecule has 0 unspecified atom stereocenters. The van der Waals surface area contributed by atoms with E-state index in [4.69, 9.17) is 21.7 Å². The van der Waals surface area contributed by atoms with Gasteiger partial charge < -0.3 is 20.4 Å². The molecule has 4 N–H and O–H groups in total. The zero-order valence-corrected chi connectivity index (χ0v) is 16.5. The number of H-pyrrole nitrogens is 1. The number of halogens is 1. The number of fused-ring (bicyclic) bond motifs is 1. The molecule has 1 atom stereocenters. The molecule has 0 saturated heterocycles. The highest BCUT2D eigenvalue weighted by atomic mass is 35.5. The van der Waals surface area contributed by atoms with Gasteiger partial charge in [-0.15, -0.1) is 0 Å². The van der Waals surface area contributed by atoms with E-state index in [1.54, 1.807) is 38.6 Å². The number of methoxy groups -OCH3 is 1. The lowest BCUT2D eigenvalue weighted by Crippen LogP contribution is -2.35. The zero-order valence-electron chi connectivity index (χ0n) is 15.8. The van der Waals surface area contributed by atoms with Gasteiger partial charge in [0.25, 0.3) is 5.91 Å². The number of carbonyl (C=O) groups is 1. The van der Waals surface area contributed by atoms with E-state index in [-0.39, 0.29) is 17.7 Å². The predicted molar refractivity (Wildman–Crippen MR) is 110 cm³/mol. The summed E-state index contributed by atoms with van der Waals surface area (Å²) in [6, 6.07) is 5.05. The minimum atomic E-state index is -0.281. The Bertz CT molecular complexity index is 1030. The van der Waals surface area contributed by atoms with Gasteiger partial charge in [-0.1, -0.05) is 11.6 Å². The standard InChI is InChI=1S/C19H21ClN6O2/c1-10(9-28-3)25-19(27)13-7-23-18-17(13)26-15(8-24-18)16(21)12-5-4-11(20)6-14(12)22-2/h4-8,10,21-22H,9H2,1-3H3,(H,23,24)(H,25,27)/t10-/m0/s1. The first kappa shape index (κ1) is 19.8. The summed E-state index contributed by atoms with van der Waals surface area (Å²) in [5.74, 6) is -0.281. The summed E-state index contributed by atoms with van der Waals surface area (Å²) in [5, 5.41) is 15.0. The number of ether oxygens (including phenoxy) is 1. The van der Waals surface area contributed by atoms with Gasteiger partial charge in [0.15, 0.2) is 5.65 Å². The predicted octanol–water partition coefficient (Wildman–Crippen LogP) is 2.83. The summed E-state index contributed by atoms with van der Waals surface area (Å²) in [5.41, 5.74) is 3.12. The lowest BCUT2D eigenvalue weighted by atomic mass is 10.1. The van der Waals surface area contributed by atoms with Crippen molar-refractivity contribution in [3.05, 3.63) is 52.4 Å². The first-order chi connectivity index (χ1) is 13.4. The Morgan fingerprint density at radius 2 is 2.18 bits per heavy atom. The average Bonchev–Trinajstić information content (AvgIpc) is 3.10. The molecule has 1 amide bonds. The van der Waals surface area contributed by atoms with Gasteiger partial charge in [-0.2, -0.15) is 0 Å². The molecule has 28 heavy (non-hydrogen) atoms. The van der Waals surface area contributed by atoms with Crippen LogP contribution in [0.5, 0.6) is 0 Å². The smallest absolute Gasteiger partial charge is 0.255 e. The maximum Gasteiger partial charge on any atom is 0.255 e. The molecule has 1 aromatic carbocycles. The molecule has 0 bridgehead atoms. The maximum atomic E-state index is 12.6. The van der Waals surface area contributed by atoms with Crippen LogP contribution >= 0.6 is 11.6 Å². The molecule has 2 heterocycles. The van der Waals surface area contributed by atoms with E-state index in [2.05, 4.69) is 25.6 Å². The van der Waals surface area contributed by atoms with E-state index in [1.165, 1.54) is 6.20 Å². The topological polar surface area (TPSA) is 116 Å². The van der Waals surface area contributed by atoms with Crippen molar-refractivity contribution in [2.75, 3.05) is 26.1 Å². The molecule has 8 nitrogen and oxygen atoms in total. The molecular weight excluding hydrogens is 380 g/mol. The average molecular weight is 401 g/mol.